The Morgan fingerprint density at radius 1 is 1.11 bits per heavy atom. The number of nitrogens with two attached hydrogens (primary N) is 1. The van der Waals surface area contributed by atoms with Gasteiger partial charge in [-0.1, -0.05) is 13.8 Å². The van der Waals surface area contributed by atoms with E-state index in [9.17, 15) is 0 Å². The SMILES string of the molecule is Cc1nc(N(C)CCN)cc(N(C)CCC(C)C)n1. The van der Waals surface area contributed by atoms with Crippen LogP contribution in [0.3, 0.4) is 0 Å². The maximum atomic E-state index is 5.59. The Balaban J connectivity index is 2.83. The Kier molecular flexibility index (Phi) is 6.02. The highest BCUT2D eigenvalue weighted by Crippen LogP contribution is 2.18. The minimum absolute atomic E-state index is 0.623. The predicted octanol–water partition coefficient (Wildman–Crippen LogP) is 1.66. The van der Waals surface area contributed by atoms with Crippen molar-refractivity contribution >= 4 is 11.6 Å². The van der Waals surface area contributed by atoms with Crippen molar-refractivity contribution in [1.82, 2.24) is 9.97 Å². The summed E-state index contributed by atoms with van der Waals surface area (Å²) in [6.07, 6.45) is 1.16. The van der Waals surface area contributed by atoms with Crippen LogP contribution in [-0.2, 0) is 0 Å². The summed E-state index contributed by atoms with van der Waals surface area (Å²) in [4.78, 5) is 13.2. The Labute approximate surface area is 116 Å². The number of rotatable bonds is 7. The van der Waals surface area contributed by atoms with Gasteiger partial charge in [0, 0.05) is 39.8 Å². The van der Waals surface area contributed by atoms with Gasteiger partial charge in [0.25, 0.3) is 0 Å². The molecule has 1 rings (SSSR count). The maximum Gasteiger partial charge on any atom is 0.134 e. The van der Waals surface area contributed by atoms with Gasteiger partial charge in [0.2, 0.25) is 0 Å². The average molecular weight is 265 g/mol. The van der Waals surface area contributed by atoms with Gasteiger partial charge in [-0.3, -0.25) is 0 Å². The van der Waals surface area contributed by atoms with Gasteiger partial charge in [-0.25, -0.2) is 9.97 Å². The van der Waals surface area contributed by atoms with Crippen LogP contribution < -0.4 is 15.5 Å². The topological polar surface area (TPSA) is 58.3 Å². The van der Waals surface area contributed by atoms with E-state index in [4.69, 9.17) is 5.73 Å². The summed E-state index contributed by atoms with van der Waals surface area (Å²) < 4.78 is 0. The Morgan fingerprint density at radius 3 is 2.11 bits per heavy atom. The number of likely N-dealkylation sites (N-methyl/N-ethyl adjacent to an activating group) is 1. The monoisotopic (exact) mass is 265 g/mol. The van der Waals surface area contributed by atoms with Crippen LogP contribution >= 0.6 is 0 Å². The molecule has 0 aliphatic heterocycles. The molecule has 0 spiro atoms. The Bertz CT molecular complexity index is 391. The lowest BCUT2D eigenvalue weighted by molar-refractivity contribution is 0.583. The highest BCUT2D eigenvalue weighted by Gasteiger charge is 2.09. The zero-order valence-electron chi connectivity index (χ0n) is 12.8. The lowest BCUT2D eigenvalue weighted by atomic mass is 10.1. The van der Waals surface area contributed by atoms with Crippen molar-refractivity contribution in [3.05, 3.63) is 11.9 Å². The standard InChI is InChI=1S/C14H27N5/c1-11(2)6-8-18(4)13-10-14(17-12(3)16-13)19(5)9-7-15/h10-11H,6-9,15H2,1-5H3. The van der Waals surface area contributed by atoms with Gasteiger partial charge in [-0.15, -0.1) is 0 Å². The van der Waals surface area contributed by atoms with Crippen LogP contribution in [0, 0.1) is 12.8 Å². The van der Waals surface area contributed by atoms with Crippen molar-refractivity contribution in [2.75, 3.05) is 43.5 Å². The molecule has 1 aromatic heterocycles. The summed E-state index contributed by atoms with van der Waals surface area (Å²) in [6, 6.07) is 2.03. The Hall–Kier alpha value is -1.36. The molecular formula is C14H27N5. The van der Waals surface area contributed by atoms with Gasteiger partial charge in [-0.05, 0) is 19.3 Å². The van der Waals surface area contributed by atoms with E-state index >= 15 is 0 Å². The zero-order valence-corrected chi connectivity index (χ0v) is 12.8. The Morgan fingerprint density at radius 2 is 1.63 bits per heavy atom. The molecule has 1 heterocycles. The molecule has 0 radical (unpaired) electrons. The summed E-state index contributed by atoms with van der Waals surface area (Å²) >= 11 is 0. The first-order chi connectivity index (χ1) is 8.93. The second-order valence-electron chi connectivity index (χ2n) is 5.45. The van der Waals surface area contributed by atoms with Gasteiger partial charge in [0.15, 0.2) is 0 Å². The van der Waals surface area contributed by atoms with Gasteiger partial charge in [-0.2, -0.15) is 0 Å². The summed E-state index contributed by atoms with van der Waals surface area (Å²) in [6.45, 7) is 8.83. The van der Waals surface area contributed by atoms with Crippen molar-refractivity contribution in [2.45, 2.75) is 27.2 Å². The predicted molar refractivity (Wildman–Crippen MR) is 81.8 cm³/mol. The molecule has 0 atom stereocenters. The molecule has 0 aromatic carbocycles. The van der Waals surface area contributed by atoms with E-state index in [2.05, 4.69) is 40.7 Å². The molecule has 0 aliphatic carbocycles. The van der Waals surface area contributed by atoms with Crippen LogP contribution in [0.15, 0.2) is 6.07 Å². The lowest BCUT2D eigenvalue weighted by Gasteiger charge is -2.23. The average Bonchev–Trinajstić information content (AvgIpc) is 2.35. The van der Waals surface area contributed by atoms with Crippen LogP contribution in [0.2, 0.25) is 0 Å². The van der Waals surface area contributed by atoms with E-state index in [1.165, 1.54) is 0 Å². The van der Waals surface area contributed by atoms with Gasteiger partial charge in [0.1, 0.15) is 17.5 Å². The van der Waals surface area contributed by atoms with Crippen LogP contribution in [0.25, 0.3) is 0 Å². The van der Waals surface area contributed by atoms with Crippen molar-refractivity contribution < 1.29 is 0 Å². The quantitative estimate of drug-likeness (QED) is 0.812. The molecular weight excluding hydrogens is 238 g/mol. The van der Waals surface area contributed by atoms with Crippen LogP contribution in [0.1, 0.15) is 26.1 Å². The number of hydrogen-bond acceptors (Lipinski definition) is 5. The molecule has 0 fully saturated rings. The van der Waals surface area contributed by atoms with Crippen molar-refractivity contribution in [1.29, 1.82) is 0 Å². The zero-order chi connectivity index (χ0) is 14.4. The molecule has 0 bridgehead atoms. The number of aryl methyl sites for hydroxylation is 1. The first kappa shape index (κ1) is 15.7. The van der Waals surface area contributed by atoms with E-state index in [-0.39, 0.29) is 0 Å². The second-order valence-corrected chi connectivity index (χ2v) is 5.45. The van der Waals surface area contributed by atoms with E-state index in [0.717, 1.165) is 37.0 Å². The first-order valence-electron chi connectivity index (χ1n) is 6.92. The third kappa shape index (κ3) is 5.03. The van der Waals surface area contributed by atoms with Crippen molar-refractivity contribution in [3.63, 3.8) is 0 Å². The van der Waals surface area contributed by atoms with E-state index in [1.54, 1.807) is 0 Å². The van der Waals surface area contributed by atoms with Crippen LogP contribution in [0.5, 0.6) is 0 Å². The highest BCUT2D eigenvalue weighted by molar-refractivity contribution is 5.50. The van der Waals surface area contributed by atoms with E-state index in [1.807, 2.05) is 20.0 Å². The molecule has 19 heavy (non-hydrogen) atoms. The van der Waals surface area contributed by atoms with Crippen molar-refractivity contribution in [2.24, 2.45) is 11.7 Å². The maximum absolute atomic E-state index is 5.59. The second kappa shape index (κ2) is 7.28. The lowest BCUT2D eigenvalue weighted by Crippen LogP contribution is -2.27. The number of hydrogen-bond donors (Lipinski definition) is 1. The molecule has 0 amide bonds. The largest absolute Gasteiger partial charge is 0.359 e. The highest BCUT2D eigenvalue weighted by atomic mass is 15.2. The van der Waals surface area contributed by atoms with Crippen LogP contribution in [-0.4, -0.2) is 43.7 Å². The summed E-state index contributed by atoms with van der Waals surface area (Å²) in [5, 5.41) is 0. The summed E-state index contributed by atoms with van der Waals surface area (Å²) in [7, 11) is 4.09. The minimum Gasteiger partial charge on any atom is -0.359 e. The van der Waals surface area contributed by atoms with E-state index < -0.39 is 0 Å². The fraction of sp³-hybridized carbons (Fsp3) is 0.714. The molecule has 0 unspecified atom stereocenters. The third-order valence-electron chi connectivity index (χ3n) is 3.10. The number of anilines is 2. The molecule has 108 valence electrons. The molecule has 0 saturated heterocycles. The summed E-state index contributed by atoms with van der Waals surface area (Å²) in [5.74, 6) is 3.41. The van der Waals surface area contributed by atoms with Gasteiger partial charge in [0.05, 0.1) is 0 Å². The smallest absolute Gasteiger partial charge is 0.134 e. The number of nitrogens with zero attached hydrogens (tertiary/aromatic N) is 4. The van der Waals surface area contributed by atoms with E-state index in [0.29, 0.717) is 12.5 Å². The summed E-state index contributed by atoms with van der Waals surface area (Å²) in [5.41, 5.74) is 5.59. The molecule has 5 nitrogen and oxygen atoms in total. The number of aromatic nitrogens is 2. The molecule has 0 saturated carbocycles. The van der Waals surface area contributed by atoms with Gasteiger partial charge < -0.3 is 15.5 Å². The fourth-order valence-corrected chi connectivity index (χ4v) is 1.80. The van der Waals surface area contributed by atoms with Crippen molar-refractivity contribution in [3.8, 4) is 0 Å². The third-order valence-corrected chi connectivity index (χ3v) is 3.10. The first-order valence-corrected chi connectivity index (χ1v) is 6.92. The van der Waals surface area contributed by atoms with Gasteiger partial charge >= 0.3 is 0 Å². The molecule has 0 aliphatic rings. The normalized spacial score (nSPS) is 10.9. The van der Waals surface area contributed by atoms with Crippen LogP contribution in [0.4, 0.5) is 11.6 Å². The molecule has 1 aromatic rings. The molecule has 5 heteroatoms. The fourth-order valence-electron chi connectivity index (χ4n) is 1.80. The molecule has 2 N–H and O–H groups in total. The minimum atomic E-state index is 0.623.